The van der Waals surface area contributed by atoms with Crippen LogP contribution >= 0.6 is 15.9 Å². The van der Waals surface area contributed by atoms with Gasteiger partial charge in [-0.15, -0.1) is 0 Å². The van der Waals surface area contributed by atoms with Crippen molar-refractivity contribution in [3.8, 4) is 0 Å². The second-order valence-electron chi connectivity index (χ2n) is 2.91. The molecule has 0 amide bonds. The molecular formula is C11H6BrFO2. The molecule has 4 heteroatoms. The molecule has 1 aromatic heterocycles. The second-order valence-corrected chi connectivity index (χ2v) is 3.70. The molecule has 0 radical (unpaired) electrons. The van der Waals surface area contributed by atoms with E-state index in [9.17, 15) is 9.18 Å². The van der Waals surface area contributed by atoms with E-state index in [0.717, 1.165) is 0 Å². The third-order valence-electron chi connectivity index (χ3n) is 1.94. The molecule has 0 unspecified atom stereocenters. The fourth-order valence-corrected chi connectivity index (χ4v) is 1.66. The van der Waals surface area contributed by atoms with E-state index in [1.807, 2.05) is 0 Å². The number of hydrogen-bond donors (Lipinski definition) is 0. The molecule has 0 aliphatic carbocycles. The van der Waals surface area contributed by atoms with E-state index in [2.05, 4.69) is 15.9 Å². The lowest BCUT2D eigenvalue weighted by Gasteiger charge is -2.01. The highest BCUT2D eigenvalue weighted by molar-refractivity contribution is 9.10. The molecule has 0 N–H and O–H groups in total. The van der Waals surface area contributed by atoms with Crippen LogP contribution in [0.3, 0.4) is 0 Å². The molecule has 0 fully saturated rings. The zero-order valence-electron chi connectivity index (χ0n) is 7.54. The van der Waals surface area contributed by atoms with Gasteiger partial charge in [-0.25, -0.2) is 4.39 Å². The molecule has 0 bridgehead atoms. The van der Waals surface area contributed by atoms with Crippen molar-refractivity contribution in [3.63, 3.8) is 0 Å². The fourth-order valence-electron chi connectivity index (χ4n) is 1.22. The first kappa shape index (κ1) is 10.1. The van der Waals surface area contributed by atoms with E-state index >= 15 is 0 Å². The van der Waals surface area contributed by atoms with E-state index in [4.69, 9.17) is 4.42 Å². The lowest BCUT2D eigenvalue weighted by molar-refractivity contribution is 0.101. The topological polar surface area (TPSA) is 30.2 Å². The summed E-state index contributed by atoms with van der Waals surface area (Å²) in [4.78, 5) is 11.8. The fraction of sp³-hybridized carbons (Fsp3) is 0. The van der Waals surface area contributed by atoms with Crippen molar-refractivity contribution < 1.29 is 13.6 Å². The Bertz CT molecular complexity index is 491. The van der Waals surface area contributed by atoms with Crippen molar-refractivity contribution in [2.45, 2.75) is 0 Å². The van der Waals surface area contributed by atoms with Crippen molar-refractivity contribution in [2.24, 2.45) is 0 Å². The number of carbonyl (C=O) groups is 1. The van der Waals surface area contributed by atoms with Crippen LogP contribution in [0.5, 0.6) is 0 Å². The minimum atomic E-state index is -0.465. The van der Waals surface area contributed by atoms with E-state index in [1.54, 1.807) is 12.1 Å². The summed E-state index contributed by atoms with van der Waals surface area (Å²) in [6, 6.07) is 7.46. The van der Waals surface area contributed by atoms with Gasteiger partial charge in [0, 0.05) is 5.56 Å². The first-order valence-corrected chi connectivity index (χ1v) is 5.01. The van der Waals surface area contributed by atoms with Crippen molar-refractivity contribution in [1.29, 1.82) is 0 Å². The van der Waals surface area contributed by atoms with Gasteiger partial charge in [-0.05, 0) is 40.2 Å². The molecule has 2 aromatic rings. The highest BCUT2D eigenvalue weighted by Crippen LogP contribution is 2.23. The molecule has 0 saturated carbocycles. The Morgan fingerprint density at radius 2 is 2.07 bits per heavy atom. The van der Waals surface area contributed by atoms with Gasteiger partial charge in [-0.1, -0.05) is 6.07 Å². The smallest absolute Gasteiger partial charge is 0.229 e. The summed E-state index contributed by atoms with van der Waals surface area (Å²) in [7, 11) is 0. The SMILES string of the molecule is O=C(c1ccco1)c1cccc(F)c1Br. The molecular weight excluding hydrogens is 263 g/mol. The van der Waals surface area contributed by atoms with Crippen LogP contribution < -0.4 is 0 Å². The van der Waals surface area contributed by atoms with E-state index in [-0.39, 0.29) is 21.6 Å². The van der Waals surface area contributed by atoms with Gasteiger partial charge in [0.05, 0.1) is 10.7 Å². The third-order valence-corrected chi connectivity index (χ3v) is 2.75. The van der Waals surface area contributed by atoms with Crippen molar-refractivity contribution in [1.82, 2.24) is 0 Å². The third kappa shape index (κ3) is 1.85. The summed E-state index contributed by atoms with van der Waals surface area (Å²) < 4.78 is 18.3. The highest BCUT2D eigenvalue weighted by atomic mass is 79.9. The molecule has 2 rings (SSSR count). The Kier molecular flexibility index (Phi) is 2.68. The Balaban J connectivity index is 2.47. The lowest BCUT2D eigenvalue weighted by Crippen LogP contribution is -2.01. The largest absolute Gasteiger partial charge is 0.461 e. The Labute approximate surface area is 93.8 Å². The van der Waals surface area contributed by atoms with Crippen LogP contribution in [-0.4, -0.2) is 5.78 Å². The van der Waals surface area contributed by atoms with Gasteiger partial charge in [-0.2, -0.15) is 0 Å². The quantitative estimate of drug-likeness (QED) is 0.782. The molecule has 0 aliphatic rings. The number of furan rings is 1. The maximum absolute atomic E-state index is 13.2. The average Bonchev–Trinajstić information content (AvgIpc) is 2.74. The second kappa shape index (κ2) is 3.98. The Morgan fingerprint density at radius 1 is 1.27 bits per heavy atom. The van der Waals surface area contributed by atoms with Crippen LogP contribution in [0.4, 0.5) is 4.39 Å². The lowest BCUT2D eigenvalue weighted by atomic mass is 10.1. The van der Waals surface area contributed by atoms with Gasteiger partial charge < -0.3 is 4.42 Å². The van der Waals surface area contributed by atoms with E-state index in [1.165, 1.54) is 24.5 Å². The number of ketones is 1. The molecule has 0 saturated heterocycles. The predicted molar refractivity (Wildman–Crippen MR) is 56.2 cm³/mol. The number of hydrogen-bond acceptors (Lipinski definition) is 2. The number of carbonyl (C=O) groups excluding carboxylic acids is 1. The van der Waals surface area contributed by atoms with Crippen LogP contribution in [-0.2, 0) is 0 Å². The van der Waals surface area contributed by atoms with Crippen LogP contribution in [0.25, 0.3) is 0 Å². The molecule has 0 atom stereocenters. The minimum Gasteiger partial charge on any atom is -0.461 e. The van der Waals surface area contributed by atoms with Gasteiger partial charge in [0.25, 0.3) is 0 Å². The molecule has 76 valence electrons. The number of rotatable bonds is 2. The normalized spacial score (nSPS) is 10.3. The standard InChI is InChI=1S/C11H6BrFO2/c12-10-7(3-1-4-8(10)13)11(14)9-5-2-6-15-9/h1-6H. The highest BCUT2D eigenvalue weighted by Gasteiger charge is 2.16. The van der Waals surface area contributed by atoms with E-state index in [0.29, 0.717) is 0 Å². The minimum absolute atomic E-state index is 0.159. The monoisotopic (exact) mass is 268 g/mol. The molecule has 0 aliphatic heterocycles. The molecule has 0 spiro atoms. The average molecular weight is 269 g/mol. The first-order valence-electron chi connectivity index (χ1n) is 4.22. The zero-order chi connectivity index (χ0) is 10.8. The summed E-state index contributed by atoms with van der Waals surface area (Å²) in [6.07, 6.45) is 1.40. The number of benzene rings is 1. The maximum atomic E-state index is 13.2. The molecule has 2 nitrogen and oxygen atoms in total. The predicted octanol–water partition coefficient (Wildman–Crippen LogP) is 3.41. The Hall–Kier alpha value is -1.42. The van der Waals surface area contributed by atoms with Gasteiger partial charge in [-0.3, -0.25) is 4.79 Å². The van der Waals surface area contributed by atoms with E-state index < -0.39 is 5.82 Å². The Morgan fingerprint density at radius 3 is 2.73 bits per heavy atom. The van der Waals surface area contributed by atoms with Crippen molar-refractivity contribution in [2.75, 3.05) is 0 Å². The maximum Gasteiger partial charge on any atom is 0.229 e. The van der Waals surface area contributed by atoms with Gasteiger partial charge in [0.15, 0.2) is 5.76 Å². The summed E-state index contributed by atoms with van der Waals surface area (Å²) in [5.74, 6) is -0.611. The first-order chi connectivity index (χ1) is 7.20. The molecule has 1 heterocycles. The summed E-state index contributed by atoms with van der Waals surface area (Å²) in [5.41, 5.74) is 0.255. The molecule has 1 aromatic carbocycles. The zero-order valence-corrected chi connectivity index (χ0v) is 9.12. The molecule has 15 heavy (non-hydrogen) atoms. The summed E-state index contributed by atoms with van der Waals surface area (Å²) in [5, 5.41) is 0. The summed E-state index contributed by atoms with van der Waals surface area (Å²) >= 11 is 3.03. The van der Waals surface area contributed by atoms with Gasteiger partial charge in [0.2, 0.25) is 5.78 Å². The number of halogens is 2. The van der Waals surface area contributed by atoms with Crippen LogP contribution in [0.1, 0.15) is 16.1 Å². The van der Waals surface area contributed by atoms with Crippen molar-refractivity contribution >= 4 is 21.7 Å². The van der Waals surface area contributed by atoms with Crippen LogP contribution in [0.15, 0.2) is 45.5 Å². The van der Waals surface area contributed by atoms with Gasteiger partial charge in [0.1, 0.15) is 5.82 Å². The van der Waals surface area contributed by atoms with Crippen LogP contribution in [0.2, 0.25) is 0 Å². The summed E-state index contributed by atoms with van der Waals surface area (Å²) in [6.45, 7) is 0. The van der Waals surface area contributed by atoms with Crippen LogP contribution in [0, 0.1) is 5.82 Å². The van der Waals surface area contributed by atoms with Gasteiger partial charge >= 0.3 is 0 Å². The van der Waals surface area contributed by atoms with Crippen molar-refractivity contribution in [3.05, 3.63) is 58.2 Å².